The van der Waals surface area contributed by atoms with Gasteiger partial charge in [0, 0.05) is 65.3 Å². The second-order valence-corrected chi connectivity index (χ2v) is 9.20. The Bertz CT molecular complexity index is 927. The van der Waals surface area contributed by atoms with Gasteiger partial charge in [-0.05, 0) is 31.2 Å². The van der Waals surface area contributed by atoms with Crippen molar-refractivity contribution in [1.29, 1.82) is 0 Å². The van der Waals surface area contributed by atoms with Crippen molar-refractivity contribution in [3.63, 3.8) is 0 Å². The van der Waals surface area contributed by atoms with Gasteiger partial charge in [-0.25, -0.2) is 8.42 Å². The van der Waals surface area contributed by atoms with Crippen LogP contribution in [0.25, 0.3) is 0 Å². The highest BCUT2D eigenvalue weighted by Crippen LogP contribution is 2.21. The fourth-order valence-corrected chi connectivity index (χ4v) is 4.99. The zero-order chi connectivity index (χ0) is 21.4. The zero-order valence-electron chi connectivity index (χ0n) is 18.1. The van der Waals surface area contributed by atoms with Crippen LogP contribution in [0.1, 0.15) is 12.0 Å². The summed E-state index contributed by atoms with van der Waals surface area (Å²) in [4.78, 5) is 6.73. The number of piperazine rings is 1. The van der Waals surface area contributed by atoms with Gasteiger partial charge >= 0.3 is 0 Å². The van der Waals surface area contributed by atoms with E-state index >= 15 is 0 Å². The summed E-state index contributed by atoms with van der Waals surface area (Å²) in [6, 6.07) is 9.07. The van der Waals surface area contributed by atoms with Gasteiger partial charge in [0.15, 0.2) is 5.96 Å². The predicted molar refractivity (Wildman–Crippen MR) is 133 cm³/mol. The van der Waals surface area contributed by atoms with E-state index in [4.69, 9.17) is 0 Å². The predicted octanol–water partition coefficient (Wildman–Crippen LogP) is 1.19. The van der Waals surface area contributed by atoms with Crippen LogP contribution in [-0.2, 0) is 23.1 Å². The van der Waals surface area contributed by atoms with Crippen LogP contribution in [0.15, 0.2) is 52.6 Å². The maximum Gasteiger partial charge on any atom is 0.243 e. The summed E-state index contributed by atoms with van der Waals surface area (Å²) in [7, 11) is 0.193. The van der Waals surface area contributed by atoms with Gasteiger partial charge in [-0.3, -0.25) is 9.67 Å². The van der Waals surface area contributed by atoms with Crippen LogP contribution >= 0.6 is 24.0 Å². The molecule has 1 aliphatic rings. The number of likely N-dealkylation sites (N-methyl/N-ethyl adjacent to an activating group) is 1. The van der Waals surface area contributed by atoms with E-state index in [1.807, 2.05) is 36.1 Å². The summed E-state index contributed by atoms with van der Waals surface area (Å²) in [6.45, 7) is 4.45. The molecule has 31 heavy (non-hydrogen) atoms. The molecule has 0 saturated carbocycles. The highest BCUT2D eigenvalue weighted by atomic mass is 127. The highest BCUT2D eigenvalue weighted by Gasteiger charge is 2.29. The van der Waals surface area contributed by atoms with E-state index in [2.05, 4.69) is 25.6 Å². The van der Waals surface area contributed by atoms with Crippen molar-refractivity contribution in [2.24, 2.45) is 4.99 Å². The Morgan fingerprint density at radius 3 is 2.55 bits per heavy atom. The molecule has 11 heteroatoms. The molecule has 1 aromatic carbocycles. The van der Waals surface area contributed by atoms with Crippen molar-refractivity contribution >= 4 is 40.0 Å². The molecular weight excluding hydrogens is 529 g/mol. The molecule has 0 radical (unpaired) electrons. The molecule has 9 nitrogen and oxygen atoms in total. The lowest BCUT2D eigenvalue weighted by atomic mass is 10.2. The molecule has 2 N–H and O–H groups in total. The van der Waals surface area contributed by atoms with Crippen molar-refractivity contribution in [3.05, 3.63) is 48.3 Å². The van der Waals surface area contributed by atoms with Crippen LogP contribution in [0.4, 0.5) is 0 Å². The van der Waals surface area contributed by atoms with Crippen LogP contribution < -0.4 is 10.6 Å². The molecule has 1 aromatic heterocycles. The number of hydrogen-bond acceptors (Lipinski definition) is 5. The van der Waals surface area contributed by atoms with Crippen LogP contribution in [0.5, 0.6) is 0 Å². The summed E-state index contributed by atoms with van der Waals surface area (Å²) < 4.78 is 29.8. The molecule has 1 aliphatic heterocycles. The van der Waals surface area contributed by atoms with Crippen LogP contribution in [0.3, 0.4) is 0 Å². The summed E-state index contributed by atoms with van der Waals surface area (Å²) >= 11 is 0. The number of aryl methyl sites for hydroxylation is 1. The van der Waals surface area contributed by atoms with Gasteiger partial charge in [0.25, 0.3) is 0 Å². The number of sulfonamides is 1. The van der Waals surface area contributed by atoms with E-state index in [0.29, 0.717) is 30.5 Å². The molecule has 2 aromatic rings. The molecule has 0 spiro atoms. The van der Waals surface area contributed by atoms with Gasteiger partial charge in [0.1, 0.15) is 0 Å². The second-order valence-electron chi connectivity index (χ2n) is 7.29. The van der Waals surface area contributed by atoms with Crippen LogP contribution in [-0.4, -0.2) is 80.2 Å². The topological polar surface area (TPSA) is 94.9 Å². The standard InChI is InChI=1S/C20H31N7O2S.HI/c1-21-20(22-9-5-11-26-12-6-10-24-26)23-17-18-7-3-4-8-19(18)30(28,29)27-15-13-25(2)14-16-27;/h3-4,6-8,10,12H,5,9,11,13-17H2,1-2H3,(H2,21,22,23);1H. The zero-order valence-corrected chi connectivity index (χ0v) is 21.2. The Hall–Kier alpha value is -1.70. The van der Waals surface area contributed by atoms with Crippen molar-refractivity contribution < 1.29 is 8.42 Å². The normalized spacial score (nSPS) is 16.0. The Balaban J connectivity index is 0.00000341. The first kappa shape index (κ1) is 25.6. The molecule has 0 atom stereocenters. The van der Waals surface area contributed by atoms with Gasteiger partial charge < -0.3 is 15.5 Å². The lowest BCUT2D eigenvalue weighted by molar-refractivity contribution is 0.222. The largest absolute Gasteiger partial charge is 0.356 e. The van der Waals surface area contributed by atoms with Crippen molar-refractivity contribution in [3.8, 4) is 0 Å². The summed E-state index contributed by atoms with van der Waals surface area (Å²) in [5.41, 5.74) is 0.732. The average Bonchev–Trinajstić information content (AvgIpc) is 3.27. The number of guanidine groups is 1. The lowest BCUT2D eigenvalue weighted by Gasteiger charge is -2.32. The molecule has 172 valence electrons. The average molecular weight is 561 g/mol. The molecule has 0 unspecified atom stereocenters. The number of hydrogen-bond donors (Lipinski definition) is 2. The maximum absolute atomic E-state index is 13.2. The first-order chi connectivity index (χ1) is 14.5. The fraction of sp³-hybridized carbons (Fsp3) is 0.500. The fourth-order valence-electron chi connectivity index (χ4n) is 3.35. The minimum atomic E-state index is -3.52. The SMILES string of the molecule is CN=C(NCCCn1cccn1)NCc1ccccc1S(=O)(=O)N1CCN(C)CC1.I. The number of halogens is 1. The molecule has 2 heterocycles. The molecule has 0 bridgehead atoms. The van der Waals surface area contributed by atoms with Gasteiger partial charge in [-0.15, -0.1) is 24.0 Å². The van der Waals surface area contributed by atoms with Gasteiger partial charge in [-0.2, -0.15) is 9.40 Å². The number of aromatic nitrogens is 2. The van der Waals surface area contributed by atoms with E-state index in [1.165, 1.54) is 0 Å². The van der Waals surface area contributed by atoms with Crippen molar-refractivity contribution in [2.75, 3.05) is 46.8 Å². The highest BCUT2D eigenvalue weighted by molar-refractivity contribution is 14.0. The van der Waals surface area contributed by atoms with Crippen LogP contribution in [0.2, 0.25) is 0 Å². The molecule has 3 rings (SSSR count). The number of nitrogens with zero attached hydrogens (tertiary/aromatic N) is 5. The Morgan fingerprint density at radius 1 is 1.13 bits per heavy atom. The summed E-state index contributed by atoms with van der Waals surface area (Å²) in [5.74, 6) is 0.641. The van der Waals surface area contributed by atoms with Gasteiger partial charge in [0.05, 0.1) is 4.90 Å². The number of rotatable bonds is 8. The third-order valence-electron chi connectivity index (χ3n) is 5.14. The van der Waals surface area contributed by atoms with Crippen molar-refractivity contribution in [2.45, 2.75) is 24.4 Å². The Morgan fingerprint density at radius 2 is 1.87 bits per heavy atom. The first-order valence-corrected chi connectivity index (χ1v) is 11.6. The van der Waals surface area contributed by atoms with Crippen molar-refractivity contribution in [1.82, 2.24) is 29.6 Å². The molecule has 0 aliphatic carbocycles. The Labute approximate surface area is 202 Å². The smallest absolute Gasteiger partial charge is 0.243 e. The lowest BCUT2D eigenvalue weighted by Crippen LogP contribution is -2.47. The molecule has 0 amide bonds. The quantitative estimate of drug-likeness (QED) is 0.218. The minimum absolute atomic E-state index is 0. The second kappa shape index (κ2) is 12.4. The van der Waals surface area contributed by atoms with E-state index in [9.17, 15) is 8.42 Å². The number of aliphatic imine (C=N–C) groups is 1. The maximum atomic E-state index is 13.2. The minimum Gasteiger partial charge on any atom is -0.356 e. The van der Waals surface area contributed by atoms with Crippen LogP contribution in [0, 0.1) is 0 Å². The number of nitrogens with one attached hydrogen (secondary N) is 2. The van der Waals surface area contributed by atoms with E-state index in [-0.39, 0.29) is 24.0 Å². The summed E-state index contributed by atoms with van der Waals surface area (Å²) in [6.07, 6.45) is 4.60. The summed E-state index contributed by atoms with van der Waals surface area (Å²) in [5, 5.41) is 10.7. The first-order valence-electron chi connectivity index (χ1n) is 10.2. The van der Waals surface area contributed by atoms with E-state index in [0.717, 1.165) is 38.2 Å². The van der Waals surface area contributed by atoms with E-state index < -0.39 is 10.0 Å². The number of benzene rings is 1. The Kier molecular flexibility index (Phi) is 10.2. The monoisotopic (exact) mass is 561 g/mol. The molecule has 1 fully saturated rings. The molecular formula is C20H32IN7O2S. The van der Waals surface area contributed by atoms with Gasteiger partial charge in [-0.1, -0.05) is 18.2 Å². The third kappa shape index (κ3) is 7.16. The third-order valence-corrected chi connectivity index (χ3v) is 7.14. The van der Waals surface area contributed by atoms with Gasteiger partial charge in [0.2, 0.25) is 10.0 Å². The molecule has 1 saturated heterocycles. The van der Waals surface area contributed by atoms with E-state index in [1.54, 1.807) is 29.7 Å².